The van der Waals surface area contributed by atoms with Gasteiger partial charge in [-0.05, 0) is 35.7 Å². The van der Waals surface area contributed by atoms with Crippen LogP contribution in [0.1, 0.15) is 27.6 Å². The third-order valence-electron chi connectivity index (χ3n) is 4.46. The van der Waals surface area contributed by atoms with Gasteiger partial charge in [0.2, 0.25) is 5.95 Å². The fourth-order valence-corrected chi connectivity index (χ4v) is 3.12. The number of aromatic nitrogens is 3. The lowest BCUT2D eigenvalue weighted by atomic mass is 9.98. The summed E-state index contributed by atoms with van der Waals surface area (Å²) in [7, 11) is 0. The van der Waals surface area contributed by atoms with Gasteiger partial charge in [-0.25, -0.2) is 14.8 Å². The summed E-state index contributed by atoms with van der Waals surface area (Å²) in [5.74, 6) is -0.555. The van der Waals surface area contributed by atoms with Gasteiger partial charge in [-0.15, -0.1) is 0 Å². The van der Waals surface area contributed by atoms with E-state index in [-0.39, 0.29) is 11.7 Å². The van der Waals surface area contributed by atoms with E-state index in [0.717, 1.165) is 6.42 Å². The lowest BCUT2D eigenvalue weighted by Crippen LogP contribution is -2.23. The highest BCUT2D eigenvalue weighted by Gasteiger charge is 2.20. The Balaban J connectivity index is 1.51. The molecule has 1 aliphatic rings. The molecule has 0 bridgehead atoms. The van der Waals surface area contributed by atoms with Crippen LogP contribution in [-0.2, 0) is 11.2 Å². The van der Waals surface area contributed by atoms with Crippen molar-refractivity contribution in [1.29, 1.82) is 0 Å². The van der Waals surface area contributed by atoms with Gasteiger partial charge in [0.1, 0.15) is 6.10 Å². The van der Waals surface area contributed by atoms with Gasteiger partial charge >= 0.3 is 5.97 Å². The number of nitrogens with one attached hydrogen (secondary N) is 1. The predicted octanol–water partition coefficient (Wildman–Crippen LogP) is 2.96. The fraction of sp³-hybridized carbons (Fsp3) is 0.200. The number of anilines is 1. The smallest absolute Gasteiger partial charge is 0.335 e. The number of pyridine rings is 1. The Labute approximate surface area is 156 Å². The largest absolute Gasteiger partial charge is 0.478 e. The second-order valence-corrected chi connectivity index (χ2v) is 6.19. The first-order valence-electron chi connectivity index (χ1n) is 8.67. The molecular weight excluding hydrogens is 344 g/mol. The highest BCUT2D eigenvalue weighted by molar-refractivity contribution is 5.88. The Morgan fingerprint density at radius 2 is 2.00 bits per heavy atom. The molecule has 0 unspecified atom stereocenters. The molecule has 2 N–H and O–H groups in total. The van der Waals surface area contributed by atoms with Crippen molar-refractivity contribution >= 4 is 11.9 Å². The van der Waals surface area contributed by atoms with E-state index in [0.29, 0.717) is 30.5 Å². The zero-order chi connectivity index (χ0) is 18.6. The monoisotopic (exact) mass is 362 g/mol. The lowest BCUT2D eigenvalue weighted by molar-refractivity contribution is 0.0512. The van der Waals surface area contributed by atoms with Crippen molar-refractivity contribution in [1.82, 2.24) is 15.0 Å². The van der Waals surface area contributed by atoms with Crippen LogP contribution in [0, 0.1) is 0 Å². The molecule has 27 heavy (non-hydrogen) atoms. The average molecular weight is 362 g/mol. The molecule has 136 valence electrons. The molecule has 3 aromatic rings. The standard InChI is InChI=1S/C20H18N4O3/c25-19(26)14-5-8-21-17(11-14)16-6-9-22-20(24-16)23-12-18-15-4-2-1-3-13(15)7-10-27-18/h1-6,8-9,11,18H,7,10,12H2,(H,25,26)(H,22,23,24)/t18-/m1/s1. The zero-order valence-corrected chi connectivity index (χ0v) is 14.5. The summed E-state index contributed by atoms with van der Waals surface area (Å²) >= 11 is 0. The SMILES string of the molecule is O=C(O)c1ccnc(-c2ccnc(NC[C@H]3OCCc4ccccc43)n2)c1. The van der Waals surface area contributed by atoms with Crippen LogP contribution in [0.5, 0.6) is 0 Å². The van der Waals surface area contributed by atoms with Crippen LogP contribution in [0.3, 0.4) is 0 Å². The third-order valence-corrected chi connectivity index (χ3v) is 4.46. The van der Waals surface area contributed by atoms with E-state index >= 15 is 0 Å². The van der Waals surface area contributed by atoms with Gasteiger partial charge in [0.15, 0.2) is 0 Å². The van der Waals surface area contributed by atoms with Gasteiger partial charge in [0.25, 0.3) is 0 Å². The van der Waals surface area contributed by atoms with E-state index in [1.165, 1.54) is 29.5 Å². The van der Waals surface area contributed by atoms with E-state index in [4.69, 9.17) is 9.84 Å². The number of hydrogen-bond acceptors (Lipinski definition) is 6. The first-order valence-corrected chi connectivity index (χ1v) is 8.67. The Morgan fingerprint density at radius 1 is 1.15 bits per heavy atom. The highest BCUT2D eigenvalue weighted by Crippen LogP contribution is 2.27. The van der Waals surface area contributed by atoms with Gasteiger partial charge in [0, 0.05) is 18.9 Å². The molecule has 7 nitrogen and oxygen atoms in total. The summed E-state index contributed by atoms with van der Waals surface area (Å²) in [4.78, 5) is 24.0. The lowest BCUT2D eigenvalue weighted by Gasteiger charge is -2.26. The Hall–Kier alpha value is -3.32. The quantitative estimate of drug-likeness (QED) is 0.720. The summed E-state index contributed by atoms with van der Waals surface area (Å²) in [5.41, 5.74) is 3.70. The number of nitrogens with zero attached hydrogens (tertiary/aromatic N) is 3. The summed E-state index contributed by atoms with van der Waals surface area (Å²) in [5, 5.41) is 12.3. The van der Waals surface area contributed by atoms with Crippen molar-refractivity contribution < 1.29 is 14.6 Å². The van der Waals surface area contributed by atoms with Crippen LogP contribution in [0.15, 0.2) is 54.9 Å². The first kappa shape index (κ1) is 17.1. The number of carboxylic acids is 1. The molecule has 2 aromatic heterocycles. The van der Waals surface area contributed by atoms with E-state index in [1.807, 2.05) is 12.1 Å². The third kappa shape index (κ3) is 3.78. The van der Waals surface area contributed by atoms with Gasteiger partial charge < -0.3 is 15.2 Å². The van der Waals surface area contributed by atoms with Gasteiger partial charge in [-0.3, -0.25) is 4.98 Å². The maximum atomic E-state index is 11.1. The molecule has 0 aliphatic carbocycles. The summed E-state index contributed by atoms with van der Waals surface area (Å²) in [6, 6.07) is 12.9. The van der Waals surface area contributed by atoms with Crippen LogP contribution in [0.25, 0.3) is 11.4 Å². The minimum absolute atomic E-state index is 0.0596. The molecular formula is C20H18N4O3. The Kier molecular flexibility index (Phi) is 4.76. The normalized spacial score (nSPS) is 15.8. The molecule has 3 heterocycles. The second kappa shape index (κ2) is 7.51. The summed E-state index contributed by atoms with van der Waals surface area (Å²) < 4.78 is 5.89. The molecule has 0 fully saturated rings. The van der Waals surface area contributed by atoms with Gasteiger partial charge in [-0.1, -0.05) is 24.3 Å². The minimum atomic E-state index is -1.00. The van der Waals surface area contributed by atoms with Crippen LogP contribution < -0.4 is 5.32 Å². The number of rotatable bonds is 5. The van der Waals surface area contributed by atoms with Crippen molar-refractivity contribution in [2.45, 2.75) is 12.5 Å². The maximum Gasteiger partial charge on any atom is 0.335 e. The molecule has 1 aromatic carbocycles. The topological polar surface area (TPSA) is 97.2 Å². The molecule has 4 rings (SSSR count). The van der Waals surface area contributed by atoms with Crippen LogP contribution in [0.4, 0.5) is 5.95 Å². The minimum Gasteiger partial charge on any atom is -0.478 e. The van der Waals surface area contributed by atoms with Crippen molar-refractivity contribution in [3.63, 3.8) is 0 Å². The maximum absolute atomic E-state index is 11.1. The average Bonchev–Trinajstić information content (AvgIpc) is 2.72. The van der Waals surface area contributed by atoms with E-state index in [2.05, 4.69) is 32.4 Å². The van der Waals surface area contributed by atoms with Crippen LogP contribution in [0.2, 0.25) is 0 Å². The second-order valence-electron chi connectivity index (χ2n) is 6.19. The molecule has 1 atom stereocenters. The number of aromatic carboxylic acids is 1. The molecule has 0 saturated carbocycles. The van der Waals surface area contributed by atoms with Crippen molar-refractivity contribution in [3.05, 3.63) is 71.5 Å². The van der Waals surface area contributed by atoms with Crippen molar-refractivity contribution in [2.75, 3.05) is 18.5 Å². The number of carbonyl (C=O) groups is 1. The number of benzene rings is 1. The molecule has 0 radical (unpaired) electrons. The zero-order valence-electron chi connectivity index (χ0n) is 14.5. The summed E-state index contributed by atoms with van der Waals surface area (Å²) in [6.07, 6.45) is 3.94. The van der Waals surface area contributed by atoms with Crippen LogP contribution in [-0.4, -0.2) is 39.2 Å². The highest BCUT2D eigenvalue weighted by atomic mass is 16.5. The number of ether oxygens (including phenoxy) is 1. The van der Waals surface area contributed by atoms with Crippen molar-refractivity contribution in [2.24, 2.45) is 0 Å². The van der Waals surface area contributed by atoms with Crippen LogP contribution >= 0.6 is 0 Å². The number of hydrogen-bond donors (Lipinski definition) is 2. The van der Waals surface area contributed by atoms with Gasteiger partial charge in [0.05, 0.1) is 23.6 Å². The van der Waals surface area contributed by atoms with E-state index in [1.54, 1.807) is 12.3 Å². The number of carboxylic acid groups (broad SMARTS) is 1. The Bertz CT molecular complexity index is 977. The summed E-state index contributed by atoms with van der Waals surface area (Å²) in [6.45, 7) is 1.24. The molecule has 1 aliphatic heterocycles. The van der Waals surface area contributed by atoms with Crippen molar-refractivity contribution in [3.8, 4) is 11.4 Å². The van der Waals surface area contributed by atoms with E-state index in [9.17, 15) is 4.79 Å². The molecule has 7 heteroatoms. The molecule has 0 amide bonds. The predicted molar refractivity (Wildman–Crippen MR) is 99.6 cm³/mol. The first-order chi connectivity index (χ1) is 13.2. The van der Waals surface area contributed by atoms with Gasteiger partial charge in [-0.2, -0.15) is 0 Å². The fourth-order valence-electron chi connectivity index (χ4n) is 3.12. The van der Waals surface area contributed by atoms with E-state index < -0.39 is 5.97 Å². The Morgan fingerprint density at radius 3 is 2.89 bits per heavy atom. The molecule has 0 saturated heterocycles. The molecule has 0 spiro atoms. The number of fused-ring (bicyclic) bond motifs is 1.